The Morgan fingerprint density at radius 2 is 2.07 bits per heavy atom. The van der Waals surface area contributed by atoms with Gasteiger partial charge in [-0.1, -0.05) is 17.3 Å². The third-order valence-corrected chi connectivity index (χ3v) is 4.32. The summed E-state index contributed by atoms with van der Waals surface area (Å²) in [5, 5.41) is 16.0. The van der Waals surface area contributed by atoms with E-state index in [1.54, 1.807) is 19.1 Å². The molecular formula is C18H13BrF3N3O4. The van der Waals surface area contributed by atoms with E-state index >= 15 is 0 Å². The fourth-order valence-electron chi connectivity index (χ4n) is 2.41. The van der Waals surface area contributed by atoms with Crippen LogP contribution in [0.5, 0.6) is 11.5 Å². The van der Waals surface area contributed by atoms with Crippen LogP contribution in [-0.4, -0.2) is 27.5 Å². The summed E-state index contributed by atoms with van der Waals surface area (Å²) in [6.07, 6.45) is -4.80. The van der Waals surface area contributed by atoms with E-state index in [0.29, 0.717) is 21.2 Å². The molecule has 3 rings (SSSR count). The van der Waals surface area contributed by atoms with Crippen molar-refractivity contribution in [1.29, 1.82) is 0 Å². The standard InChI is InChI=1S/C18H13BrF3N3O4/c1-9-5-11(7-13(19)14(9)26)15-24-17(29-25-15)16(27)23-8-10-3-2-4-12(6-10)28-18(20,21)22/h2-7,26H,8H2,1H3,(H,23,27). The summed E-state index contributed by atoms with van der Waals surface area (Å²) >= 11 is 3.21. The van der Waals surface area contributed by atoms with Crippen LogP contribution in [0.3, 0.4) is 0 Å². The lowest BCUT2D eigenvalue weighted by Gasteiger charge is -2.10. The van der Waals surface area contributed by atoms with Crippen molar-refractivity contribution in [2.24, 2.45) is 0 Å². The molecule has 3 aromatic rings. The van der Waals surface area contributed by atoms with Crippen molar-refractivity contribution in [1.82, 2.24) is 15.5 Å². The zero-order chi connectivity index (χ0) is 21.2. The average molecular weight is 472 g/mol. The van der Waals surface area contributed by atoms with Crippen LogP contribution in [0.25, 0.3) is 11.4 Å². The normalized spacial score (nSPS) is 11.3. The number of rotatable bonds is 5. The minimum Gasteiger partial charge on any atom is -0.506 e. The minimum atomic E-state index is -4.80. The first-order chi connectivity index (χ1) is 13.6. The molecule has 7 nitrogen and oxygen atoms in total. The molecule has 0 saturated heterocycles. The quantitative estimate of drug-likeness (QED) is 0.574. The van der Waals surface area contributed by atoms with Crippen molar-refractivity contribution >= 4 is 21.8 Å². The van der Waals surface area contributed by atoms with E-state index in [1.807, 2.05) is 0 Å². The molecule has 1 heterocycles. The number of alkyl halides is 3. The summed E-state index contributed by atoms with van der Waals surface area (Å²) in [6.45, 7) is 1.61. The van der Waals surface area contributed by atoms with Gasteiger partial charge in [0, 0.05) is 12.1 Å². The molecule has 0 aliphatic rings. The minimum absolute atomic E-state index is 0.0739. The zero-order valence-corrected chi connectivity index (χ0v) is 16.3. The molecule has 1 amide bonds. The number of phenols is 1. The smallest absolute Gasteiger partial charge is 0.506 e. The Hall–Kier alpha value is -3.08. The first-order valence-electron chi connectivity index (χ1n) is 8.08. The third-order valence-electron chi connectivity index (χ3n) is 3.72. The van der Waals surface area contributed by atoms with Crippen molar-refractivity contribution in [2.75, 3.05) is 0 Å². The monoisotopic (exact) mass is 471 g/mol. The Balaban J connectivity index is 1.68. The van der Waals surface area contributed by atoms with Crippen LogP contribution in [0.2, 0.25) is 0 Å². The Morgan fingerprint density at radius 3 is 2.76 bits per heavy atom. The second-order valence-electron chi connectivity index (χ2n) is 5.92. The molecule has 0 unspecified atom stereocenters. The molecule has 0 radical (unpaired) electrons. The number of benzene rings is 2. The molecule has 1 aromatic heterocycles. The van der Waals surface area contributed by atoms with Gasteiger partial charge in [0.15, 0.2) is 0 Å². The van der Waals surface area contributed by atoms with Gasteiger partial charge in [0.05, 0.1) is 4.47 Å². The molecular weight excluding hydrogens is 459 g/mol. The predicted molar refractivity (Wildman–Crippen MR) is 98.1 cm³/mol. The molecule has 152 valence electrons. The van der Waals surface area contributed by atoms with Crippen LogP contribution in [0.4, 0.5) is 13.2 Å². The van der Waals surface area contributed by atoms with Crippen LogP contribution in [0.15, 0.2) is 45.4 Å². The van der Waals surface area contributed by atoms with E-state index < -0.39 is 18.0 Å². The summed E-state index contributed by atoms with van der Waals surface area (Å²) in [4.78, 5) is 16.2. The summed E-state index contributed by atoms with van der Waals surface area (Å²) in [5.74, 6) is -1.19. The number of phenolic OH excluding ortho intramolecular Hbond substituents is 1. The number of nitrogens with one attached hydrogen (secondary N) is 1. The van der Waals surface area contributed by atoms with Crippen LogP contribution in [0.1, 0.15) is 21.8 Å². The molecule has 0 spiro atoms. The van der Waals surface area contributed by atoms with E-state index in [0.717, 1.165) is 12.1 Å². The van der Waals surface area contributed by atoms with Gasteiger partial charge in [0.25, 0.3) is 0 Å². The Kier molecular flexibility index (Phi) is 5.78. The van der Waals surface area contributed by atoms with Crippen LogP contribution < -0.4 is 10.1 Å². The van der Waals surface area contributed by atoms with Gasteiger partial charge in [-0.2, -0.15) is 4.98 Å². The molecule has 0 bridgehead atoms. The number of nitrogens with zero attached hydrogens (tertiary/aromatic N) is 2. The number of carbonyl (C=O) groups is 1. The lowest BCUT2D eigenvalue weighted by molar-refractivity contribution is -0.274. The first-order valence-corrected chi connectivity index (χ1v) is 8.88. The molecule has 0 aliphatic carbocycles. The SMILES string of the molecule is Cc1cc(-c2noc(C(=O)NCc3cccc(OC(F)(F)F)c3)n2)cc(Br)c1O. The Morgan fingerprint density at radius 1 is 1.31 bits per heavy atom. The molecule has 0 saturated carbocycles. The summed E-state index contributed by atoms with van der Waals surface area (Å²) in [7, 11) is 0. The van der Waals surface area contributed by atoms with Crippen molar-refractivity contribution in [3.8, 4) is 22.9 Å². The van der Waals surface area contributed by atoms with Crippen LogP contribution >= 0.6 is 15.9 Å². The number of hydrogen-bond acceptors (Lipinski definition) is 6. The van der Waals surface area contributed by atoms with E-state index in [9.17, 15) is 23.1 Å². The van der Waals surface area contributed by atoms with Crippen molar-refractivity contribution < 1.29 is 32.3 Å². The van der Waals surface area contributed by atoms with Crippen LogP contribution in [0, 0.1) is 6.92 Å². The predicted octanol–water partition coefficient (Wildman–Crippen LogP) is 4.34. The van der Waals surface area contributed by atoms with E-state index in [4.69, 9.17) is 4.52 Å². The van der Waals surface area contributed by atoms with E-state index in [2.05, 4.69) is 36.1 Å². The van der Waals surface area contributed by atoms with Crippen molar-refractivity contribution in [3.05, 3.63) is 57.9 Å². The number of ether oxygens (including phenoxy) is 1. The van der Waals surface area contributed by atoms with Gasteiger partial charge >= 0.3 is 18.2 Å². The lowest BCUT2D eigenvalue weighted by Crippen LogP contribution is -2.23. The van der Waals surface area contributed by atoms with Gasteiger partial charge in [-0.05, 0) is 58.2 Å². The van der Waals surface area contributed by atoms with Crippen LogP contribution in [-0.2, 0) is 6.54 Å². The maximum atomic E-state index is 12.3. The second kappa shape index (κ2) is 8.11. The highest BCUT2D eigenvalue weighted by atomic mass is 79.9. The van der Waals surface area contributed by atoms with E-state index in [1.165, 1.54) is 12.1 Å². The number of halogens is 4. The molecule has 29 heavy (non-hydrogen) atoms. The topological polar surface area (TPSA) is 97.5 Å². The first kappa shape index (κ1) is 20.6. The lowest BCUT2D eigenvalue weighted by atomic mass is 10.1. The summed E-state index contributed by atoms with van der Waals surface area (Å²) < 4.78 is 46.1. The maximum Gasteiger partial charge on any atom is 0.573 e. The highest BCUT2D eigenvalue weighted by Crippen LogP contribution is 2.32. The molecule has 0 fully saturated rings. The fourth-order valence-corrected chi connectivity index (χ4v) is 2.97. The number of amides is 1. The fraction of sp³-hybridized carbons (Fsp3) is 0.167. The Labute approximate surface area is 170 Å². The number of carbonyl (C=O) groups excluding carboxylic acids is 1. The highest BCUT2D eigenvalue weighted by Gasteiger charge is 2.31. The molecule has 0 aliphatic heterocycles. The van der Waals surface area contributed by atoms with Crippen molar-refractivity contribution in [3.63, 3.8) is 0 Å². The number of aryl methyl sites for hydroxylation is 1. The van der Waals surface area contributed by atoms with Gasteiger partial charge in [-0.25, -0.2) is 0 Å². The molecule has 2 aromatic carbocycles. The van der Waals surface area contributed by atoms with E-state index in [-0.39, 0.29) is 24.0 Å². The number of aromatic hydroxyl groups is 1. The zero-order valence-electron chi connectivity index (χ0n) is 14.7. The molecule has 11 heteroatoms. The van der Waals surface area contributed by atoms with Gasteiger partial charge in [0.1, 0.15) is 11.5 Å². The van der Waals surface area contributed by atoms with Gasteiger partial charge in [-0.3, -0.25) is 4.79 Å². The summed E-state index contributed by atoms with van der Waals surface area (Å²) in [5.41, 5.74) is 1.48. The van der Waals surface area contributed by atoms with Gasteiger partial charge < -0.3 is 19.7 Å². The Bertz CT molecular complexity index is 1030. The second-order valence-corrected chi connectivity index (χ2v) is 6.78. The van der Waals surface area contributed by atoms with Gasteiger partial charge in [0.2, 0.25) is 5.82 Å². The highest BCUT2D eigenvalue weighted by molar-refractivity contribution is 9.10. The largest absolute Gasteiger partial charge is 0.573 e. The molecule has 2 N–H and O–H groups in total. The third kappa shape index (κ3) is 5.25. The molecule has 0 atom stereocenters. The summed E-state index contributed by atoms with van der Waals surface area (Å²) in [6, 6.07) is 8.41. The van der Waals surface area contributed by atoms with Gasteiger partial charge in [-0.15, -0.1) is 13.2 Å². The average Bonchev–Trinajstić information content (AvgIpc) is 3.13. The van der Waals surface area contributed by atoms with Crippen molar-refractivity contribution in [2.45, 2.75) is 19.8 Å². The number of aromatic nitrogens is 2. The number of hydrogen-bond donors (Lipinski definition) is 2. The maximum absolute atomic E-state index is 12.3.